The quantitative estimate of drug-likeness (QED) is 0.913. The fourth-order valence-electron chi connectivity index (χ4n) is 1.08. The minimum atomic E-state index is 0.454. The second-order valence-corrected chi connectivity index (χ2v) is 3.61. The van der Waals surface area contributed by atoms with Crippen LogP contribution in [0.2, 0.25) is 0 Å². The van der Waals surface area contributed by atoms with E-state index in [0.717, 1.165) is 16.0 Å². The van der Waals surface area contributed by atoms with Gasteiger partial charge in [0.05, 0.1) is 4.47 Å². The zero-order valence-corrected chi connectivity index (χ0v) is 8.99. The van der Waals surface area contributed by atoms with E-state index >= 15 is 0 Å². The number of aromatic nitrogens is 2. The molecule has 0 atom stereocenters. The first-order valence-corrected chi connectivity index (χ1v) is 5.01. The van der Waals surface area contributed by atoms with Crippen LogP contribution in [0.15, 0.2) is 41.1 Å². The van der Waals surface area contributed by atoms with Crippen LogP contribution in [0.3, 0.4) is 0 Å². The van der Waals surface area contributed by atoms with Gasteiger partial charge in [-0.2, -0.15) is 0 Å². The number of rotatable bonds is 3. The highest BCUT2D eigenvalue weighted by atomic mass is 79.9. The molecule has 0 aliphatic rings. The van der Waals surface area contributed by atoms with Crippen LogP contribution in [0, 0.1) is 0 Å². The second-order valence-electron chi connectivity index (χ2n) is 2.75. The summed E-state index contributed by atoms with van der Waals surface area (Å²) in [6.45, 7) is 0.454. The van der Waals surface area contributed by atoms with Crippen LogP contribution >= 0.6 is 15.9 Å². The molecule has 1 aromatic carbocycles. The smallest absolute Gasteiger partial charge is 0.146 e. The maximum Gasteiger partial charge on any atom is 0.146 e. The first kappa shape index (κ1) is 9.27. The summed E-state index contributed by atoms with van der Waals surface area (Å²) in [5.74, 6) is 1.64. The van der Waals surface area contributed by atoms with Crippen LogP contribution < -0.4 is 4.74 Å². The Hall–Kier alpha value is -1.29. The van der Waals surface area contributed by atoms with Gasteiger partial charge in [-0.1, -0.05) is 12.1 Å². The Balaban J connectivity index is 2.02. The third-order valence-corrected chi connectivity index (χ3v) is 2.41. The zero-order chi connectivity index (χ0) is 9.80. The van der Waals surface area contributed by atoms with Gasteiger partial charge >= 0.3 is 0 Å². The summed E-state index contributed by atoms with van der Waals surface area (Å²) in [5, 5.41) is 0. The standard InChI is InChI=1S/C10H9BrN2O/c11-8-3-1-2-4-9(8)14-7-10-12-5-6-13-10/h1-6H,7H2,(H,12,13). The van der Waals surface area contributed by atoms with E-state index in [9.17, 15) is 0 Å². The number of nitrogens with one attached hydrogen (secondary N) is 1. The van der Waals surface area contributed by atoms with Gasteiger partial charge in [-0.15, -0.1) is 0 Å². The number of para-hydroxylation sites is 1. The fraction of sp³-hybridized carbons (Fsp3) is 0.100. The van der Waals surface area contributed by atoms with Gasteiger partial charge in [-0.05, 0) is 28.1 Å². The van der Waals surface area contributed by atoms with E-state index in [2.05, 4.69) is 25.9 Å². The molecule has 0 unspecified atom stereocenters. The maximum atomic E-state index is 5.54. The van der Waals surface area contributed by atoms with Crippen LogP contribution in [-0.2, 0) is 6.61 Å². The molecule has 1 N–H and O–H groups in total. The lowest BCUT2D eigenvalue weighted by atomic mass is 10.3. The molecule has 0 radical (unpaired) electrons. The average molecular weight is 253 g/mol. The Morgan fingerprint density at radius 3 is 2.93 bits per heavy atom. The van der Waals surface area contributed by atoms with E-state index < -0.39 is 0 Å². The Labute approximate surface area is 90.3 Å². The molecule has 2 rings (SSSR count). The van der Waals surface area contributed by atoms with Crippen molar-refractivity contribution in [3.8, 4) is 5.75 Å². The van der Waals surface area contributed by atoms with Crippen LogP contribution in [0.25, 0.3) is 0 Å². The van der Waals surface area contributed by atoms with E-state index in [-0.39, 0.29) is 0 Å². The number of aromatic amines is 1. The van der Waals surface area contributed by atoms with Crippen molar-refractivity contribution in [2.24, 2.45) is 0 Å². The molecule has 1 aromatic heterocycles. The topological polar surface area (TPSA) is 37.9 Å². The van der Waals surface area contributed by atoms with Crippen molar-refractivity contribution in [1.82, 2.24) is 9.97 Å². The Bertz CT molecular complexity index is 400. The van der Waals surface area contributed by atoms with Crippen LogP contribution in [0.5, 0.6) is 5.75 Å². The molecule has 0 saturated heterocycles. The summed E-state index contributed by atoms with van der Waals surface area (Å²) < 4.78 is 6.49. The van der Waals surface area contributed by atoms with Crippen molar-refractivity contribution >= 4 is 15.9 Å². The normalized spacial score (nSPS) is 10.1. The average Bonchev–Trinajstić information content (AvgIpc) is 2.69. The molecule has 0 saturated carbocycles. The number of imidazole rings is 1. The van der Waals surface area contributed by atoms with Gasteiger partial charge in [0, 0.05) is 12.4 Å². The van der Waals surface area contributed by atoms with Gasteiger partial charge < -0.3 is 9.72 Å². The molecule has 72 valence electrons. The van der Waals surface area contributed by atoms with Gasteiger partial charge in [-0.3, -0.25) is 0 Å². The highest BCUT2D eigenvalue weighted by Gasteiger charge is 2.00. The van der Waals surface area contributed by atoms with E-state index in [1.165, 1.54) is 0 Å². The lowest BCUT2D eigenvalue weighted by Crippen LogP contribution is -1.97. The summed E-state index contributed by atoms with van der Waals surface area (Å²) in [6.07, 6.45) is 3.48. The summed E-state index contributed by atoms with van der Waals surface area (Å²) in [7, 11) is 0. The van der Waals surface area contributed by atoms with Crippen LogP contribution in [0.1, 0.15) is 5.82 Å². The van der Waals surface area contributed by atoms with Crippen molar-refractivity contribution in [1.29, 1.82) is 0 Å². The van der Waals surface area contributed by atoms with E-state index in [1.54, 1.807) is 12.4 Å². The van der Waals surface area contributed by atoms with Crippen molar-refractivity contribution in [2.45, 2.75) is 6.61 Å². The van der Waals surface area contributed by atoms with E-state index in [1.807, 2.05) is 24.3 Å². The Morgan fingerprint density at radius 2 is 2.21 bits per heavy atom. The van der Waals surface area contributed by atoms with Crippen LogP contribution in [-0.4, -0.2) is 9.97 Å². The number of hydrogen-bond donors (Lipinski definition) is 1. The first-order valence-electron chi connectivity index (χ1n) is 4.22. The highest BCUT2D eigenvalue weighted by Crippen LogP contribution is 2.24. The predicted molar refractivity (Wildman–Crippen MR) is 57.1 cm³/mol. The van der Waals surface area contributed by atoms with Gasteiger partial charge in [-0.25, -0.2) is 4.98 Å². The molecule has 0 aliphatic carbocycles. The van der Waals surface area contributed by atoms with Gasteiger partial charge in [0.15, 0.2) is 0 Å². The SMILES string of the molecule is Brc1ccccc1OCc1ncc[nH]1. The minimum Gasteiger partial charge on any atom is -0.485 e. The van der Waals surface area contributed by atoms with E-state index in [4.69, 9.17) is 4.74 Å². The third-order valence-electron chi connectivity index (χ3n) is 1.76. The van der Waals surface area contributed by atoms with E-state index in [0.29, 0.717) is 6.61 Å². The summed E-state index contributed by atoms with van der Waals surface area (Å²) in [5.41, 5.74) is 0. The molecule has 0 bridgehead atoms. The Kier molecular flexibility index (Phi) is 2.84. The van der Waals surface area contributed by atoms with Crippen LogP contribution in [0.4, 0.5) is 0 Å². The molecule has 3 nitrogen and oxygen atoms in total. The number of ether oxygens (including phenoxy) is 1. The van der Waals surface area contributed by atoms with Crippen molar-refractivity contribution < 1.29 is 4.74 Å². The summed E-state index contributed by atoms with van der Waals surface area (Å²) >= 11 is 3.40. The van der Waals surface area contributed by atoms with Gasteiger partial charge in [0.25, 0.3) is 0 Å². The third kappa shape index (κ3) is 2.14. The lowest BCUT2D eigenvalue weighted by Gasteiger charge is -2.05. The molecular formula is C10H9BrN2O. The molecule has 4 heteroatoms. The maximum absolute atomic E-state index is 5.54. The van der Waals surface area contributed by atoms with Crippen molar-refractivity contribution in [2.75, 3.05) is 0 Å². The summed E-state index contributed by atoms with van der Waals surface area (Å²) in [6, 6.07) is 7.73. The predicted octanol–water partition coefficient (Wildman–Crippen LogP) is 2.75. The number of H-pyrrole nitrogens is 1. The van der Waals surface area contributed by atoms with Gasteiger partial charge in [0.1, 0.15) is 18.2 Å². The van der Waals surface area contributed by atoms with Gasteiger partial charge in [0.2, 0.25) is 0 Å². The molecule has 0 amide bonds. The molecule has 0 aliphatic heterocycles. The molecule has 1 heterocycles. The number of halogens is 1. The monoisotopic (exact) mass is 252 g/mol. The largest absolute Gasteiger partial charge is 0.485 e. The van der Waals surface area contributed by atoms with Crippen molar-refractivity contribution in [3.63, 3.8) is 0 Å². The molecule has 14 heavy (non-hydrogen) atoms. The molecule has 2 aromatic rings. The fourth-order valence-corrected chi connectivity index (χ4v) is 1.48. The highest BCUT2D eigenvalue weighted by molar-refractivity contribution is 9.10. The minimum absolute atomic E-state index is 0.454. The second kappa shape index (κ2) is 4.28. The molecule has 0 fully saturated rings. The Morgan fingerprint density at radius 1 is 1.36 bits per heavy atom. The lowest BCUT2D eigenvalue weighted by molar-refractivity contribution is 0.295. The zero-order valence-electron chi connectivity index (χ0n) is 7.40. The first-order chi connectivity index (χ1) is 6.86. The number of benzene rings is 1. The number of nitrogens with zero attached hydrogens (tertiary/aromatic N) is 1. The van der Waals surface area contributed by atoms with Crippen molar-refractivity contribution in [3.05, 3.63) is 47.0 Å². The number of hydrogen-bond acceptors (Lipinski definition) is 2. The molecular weight excluding hydrogens is 244 g/mol. The summed E-state index contributed by atoms with van der Waals surface area (Å²) in [4.78, 5) is 7.04. The molecule has 0 spiro atoms.